The van der Waals surface area contributed by atoms with E-state index in [0.717, 1.165) is 10.1 Å². The van der Waals surface area contributed by atoms with Crippen LogP contribution in [-0.4, -0.2) is 36.8 Å². The summed E-state index contributed by atoms with van der Waals surface area (Å²) < 4.78 is 26.4. The zero-order valence-electron chi connectivity index (χ0n) is 16.6. The second-order valence-corrected chi connectivity index (χ2v) is 10.6. The van der Waals surface area contributed by atoms with E-state index in [1.165, 1.54) is 21.2 Å². The standard InChI is InChI=1S/C20H22N4O3S3/c1-3-24(30(26,27)4-2)17-12-10-16(11-13-17)18(25)21-19-22-23-20(29-19)28-14-15-8-6-5-7-9-15/h5-13H,3-4,14H2,1-2H3,(H,21,22,25). The number of nitrogens with one attached hydrogen (secondary N) is 1. The highest BCUT2D eigenvalue weighted by Crippen LogP contribution is 2.28. The maximum Gasteiger partial charge on any atom is 0.257 e. The van der Waals surface area contributed by atoms with Crippen LogP contribution in [0.1, 0.15) is 29.8 Å². The summed E-state index contributed by atoms with van der Waals surface area (Å²) in [6, 6.07) is 16.5. The highest BCUT2D eigenvalue weighted by molar-refractivity contribution is 8.00. The average molecular weight is 463 g/mol. The lowest BCUT2D eigenvalue weighted by atomic mass is 10.2. The van der Waals surface area contributed by atoms with Crippen molar-refractivity contribution < 1.29 is 13.2 Å². The highest BCUT2D eigenvalue weighted by atomic mass is 32.2. The zero-order chi connectivity index (χ0) is 21.6. The van der Waals surface area contributed by atoms with Crippen molar-refractivity contribution in [2.75, 3.05) is 21.9 Å². The normalized spacial score (nSPS) is 11.3. The fourth-order valence-corrected chi connectivity index (χ4v) is 5.53. The molecule has 10 heteroatoms. The van der Waals surface area contributed by atoms with Crippen LogP contribution >= 0.6 is 23.1 Å². The first-order valence-electron chi connectivity index (χ1n) is 9.35. The van der Waals surface area contributed by atoms with Crippen molar-refractivity contribution >= 4 is 49.8 Å². The molecule has 0 bridgehead atoms. The van der Waals surface area contributed by atoms with Crippen LogP contribution in [0.25, 0.3) is 0 Å². The molecule has 7 nitrogen and oxygen atoms in total. The number of aromatic nitrogens is 2. The van der Waals surface area contributed by atoms with Gasteiger partial charge in [0.25, 0.3) is 5.91 Å². The number of benzene rings is 2. The lowest BCUT2D eigenvalue weighted by Gasteiger charge is -2.22. The van der Waals surface area contributed by atoms with Crippen LogP contribution in [0.5, 0.6) is 0 Å². The van der Waals surface area contributed by atoms with Gasteiger partial charge in [0.15, 0.2) is 4.34 Å². The number of hydrogen-bond donors (Lipinski definition) is 1. The van der Waals surface area contributed by atoms with Crippen LogP contribution in [0, 0.1) is 0 Å². The van der Waals surface area contributed by atoms with Crippen molar-refractivity contribution in [1.82, 2.24) is 10.2 Å². The van der Waals surface area contributed by atoms with E-state index in [9.17, 15) is 13.2 Å². The third-order valence-electron chi connectivity index (χ3n) is 4.24. The fraction of sp³-hybridized carbons (Fsp3) is 0.250. The van der Waals surface area contributed by atoms with E-state index < -0.39 is 10.0 Å². The summed E-state index contributed by atoms with van der Waals surface area (Å²) in [4.78, 5) is 12.5. The molecule has 0 saturated carbocycles. The Hall–Kier alpha value is -2.43. The molecule has 0 radical (unpaired) electrons. The Balaban J connectivity index is 1.62. The van der Waals surface area contributed by atoms with Crippen LogP contribution in [0.3, 0.4) is 0 Å². The van der Waals surface area contributed by atoms with Gasteiger partial charge in [-0.2, -0.15) is 0 Å². The molecule has 2 aromatic carbocycles. The number of carbonyl (C=O) groups is 1. The largest absolute Gasteiger partial charge is 0.296 e. The first kappa shape index (κ1) is 22.3. The third kappa shape index (κ3) is 5.59. The van der Waals surface area contributed by atoms with Gasteiger partial charge in [-0.05, 0) is 43.7 Å². The van der Waals surface area contributed by atoms with Crippen LogP contribution in [-0.2, 0) is 15.8 Å². The van der Waals surface area contributed by atoms with Gasteiger partial charge in [0.2, 0.25) is 15.2 Å². The predicted octanol–water partition coefficient (Wildman–Crippen LogP) is 4.26. The number of rotatable bonds is 9. The summed E-state index contributed by atoms with van der Waals surface area (Å²) in [6.45, 7) is 3.71. The molecule has 3 aromatic rings. The number of sulfonamides is 1. The number of anilines is 2. The Kier molecular flexibility index (Phi) is 7.46. The maximum atomic E-state index is 12.5. The minimum atomic E-state index is -3.35. The van der Waals surface area contributed by atoms with Gasteiger partial charge in [0.05, 0.1) is 11.4 Å². The zero-order valence-corrected chi connectivity index (χ0v) is 19.1. The Morgan fingerprint density at radius 1 is 1.07 bits per heavy atom. The predicted molar refractivity (Wildman–Crippen MR) is 123 cm³/mol. The molecule has 0 spiro atoms. The molecule has 1 heterocycles. The second-order valence-electron chi connectivity index (χ2n) is 6.21. The molecule has 1 aromatic heterocycles. The van der Waals surface area contributed by atoms with Crippen molar-refractivity contribution in [3.8, 4) is 0 Å². The molecule has 1 amide bonds. The topological polar surface area (TPSA) is 92.3 Å². The highest BCUT2D eigenvalue weighted by Gasteiger charge is 2.19. The molecule has 0 aliphatic rings. The lowest BCUT2D eigenvalue weighted by molar-refractivity contribution is 0.102. The van der Waals surface area contributed by atoms with E-state index in [0.29, 0.717) is 22.9 Å². The lowest BCUT2D eigenvalue weighted by Crippen LogP contribution is -2.32. The van der Waals surface area contributed by atoms with E-state index in [-0.39, 0.29) is 11.7 Å². The first-order valence-corrected chi connectivity index (χ1v) is 12.8. The van der Waals surface area contributed by atoms with Gasteiger partial charge in [0.1, 0.15) is 0 Å². The quantitative estimate of drug-likeness (QED) is 0.377. The molecule has 0 atom stereocenters. The van der Waals surface area contributed by atoms with Gasteiger partial charge < -0.3 is 0 Å². The van der Waals surface area contributed by atoms with Gasteiger partial charge >= 0.3 is 0 Å². The SMILES string of the molecule is CCN(c1ccc(C(=O)Nc2nnc(SCc3ccccc3)s2)cc1)S(=O)(=O)CC. The van der Waals surface area contributed by atoms with Crippen LogP contribution in [0.2, 0.25) is 0 Å². The number of nitrogens with zero attached hydrogens (tertiary/aromatic N) is 3. The summed E-state index contributed by atoms with van der Waals surface area (Å²) >= 11 is 2.87. The van der Waals surface area contributed by atoms with Gasteiger partial charge in [-0.1, -0.05) is 53.4 Å². The van der Waals surface area contributed by atoms with Crippen molar-refractivity contribution in [1.29, 1.82) is 0 Å². The minimum absolute atomic E-state index is 0.0186. The average Bonchev–Trinajstić information content (AvgIpc) is 3.21. The Labute approximate surface area is 184 Å². The molecule has 0 aliphatic carbocycles. The van der Waals surface area contributed by atoms with E-state index in [4.69, 9.17) is 0 Å². The van der Waals surface area contributed by atoms with Crippen molar-refractivity contribution in [2.24, 2.45) is 0 Å². The molecule has 0 fully saturated rings. The molecule has 30 heavy (non-hydrogen) atoms. The molecule has 0 saturated heterocycles. The van der Waals surface area contributed by atoms with Gasteiger partial charge in [-0.25, -0.2) is 8.42 Å². The fourth-order valence-electron chi connectivity index (χ4n) is 2.68. The third-order valence-corrected chi connectivity index (χ3v) is 8.15. The summed E-state index contributed by atoms with van der Waals surface area (Å²) in [5, 5.41) is 11.3. The van der Waals surface area contributed by atoms with E-state index >= 15 is 0 Å². The molecule has 1 N–H and O–H groups in total. The summed E-state index contributed by atoms with van der Waals surface area (Å²) in [6.07, 6.45) is 0. The summed E-state index contributed by atoms with van der Waals surface area (Å²) in [5.74, 6) is 0.475. The van der Waals surface area contributed by atoms with E-state index in [2.05, 4.69) is 15.5 Å². The van der Waals surface area contributed by atoms with E-state index in [1.807, 2.05) is 30.3 Å². The van der Waals surface area contributed by atoms with Gasteiger partial charge in [-0.3, -0.25) is 14.4 Å². The van der Waals surface area contributed by atoms with E-state index in [1.54, 1.807) is 49.9 Å². The number of amides is 1. The molecular weight excluding hydrogens is 440 g/mol. The Morgan fingerprint density at radius 2 is 1.77 bits per heavy atom. The smallest absolute Gasteiger partial charge is 0.257 e. The second kappa shape index (κ2) is 10.1. The molecular formula is C20H22N4O3S3. The van der Waals surface area contributed by atoms with Crippen LogP contribution < -0.4 is 9.62 Å². The van der Waals surface area contributed by atoms with Crippen LogP contribution in [0.4, 0.5) is 10.8 Å². The molecule has 158 valence electrons. The first-order chi connectivity index (χ1) is 14.4. The Morgan fingerprint density at radius 3 is 2.40 bits per heavy atom. The minimum Gasteiger partial charge on any atom is -0.296 e. The number of hydrogen-bond acceptors (Lipinski definition) is 7. The van der Waals surface area contributed by atoms with Crippen molar-refractivity contribution in [2.45, 2.75) is 23.9 Å². The summed E-state index contributed by atoms with van der Waals surface area (Å²) in [5.41, 5.74) is 2.14. The Bertz CT molecular complexity index is 1080. The summed E-state index contributed by atoms with van der Waals surface area (Å²) in [7, 11) is -3.35. The molecule has 0 unspecified atom stereocenters. The van der Waals surface area contributed by atoms with Gasteiger partial charge in [0, 0.05) is 17.9 Å². The molecule has 0 aliphatic heterocycles. The molecule has 3 rings (SSSR count). The van der Waals surface area contributed by atoms with Crippen LogP contribution in [0.15, 0.2) is 58.9 Å². The number of carbonyl (C=O) groups excluding carboxylic acids is 1. The van der Waals surface area contributed by atoms with Gasteiger partial charge in [-0.15, -0.1) is 10.2 Å². The number of thioether (sulfide) groups is 1. The van der Waals surface area contributed by atoms with Crippen molar-refractivity contribution in [3.05, 3.63) is 65.7 Å². The van der Waals surface area contributed by atoms with Crippen molar-refractivity contribution in [3.63, 3.8) is 0 Å². The monoisotopic (exact) mass is 462 g/mol. The maximum absolute atomic E-state index is 12.5.